The molecule has 0 fully saturated rings. The molecule has 2 amide bonds. The summed E-state index contributed by atoms with van der Waals surface area (Å²) in [5, 5.41) is 5.67. The summed E-state index contributed by atoms with van der Waals surface area (Å²) in [4.78, 5) is 16.9. The molecule has 3 aromatic carbocycles. The summed E-state index contributed by atoms with van der Waals surface area (Å²) >= 11 is 0. The molecule has 1 aromatic heterocycles. The average Bonchev–Trinajstić information content (AvgIpc) is 3.30. The van der Waals surface area contributed by atoms with E-state index < -0.39 is 0 Å². The van der Waals surface area contributed by atoms with Gasteiger partial charge in [-0.25, -0.2) is 9.78 Å². The molecule has 4 rings (SSSR count). The van der Waals surface area contributed by atoms with E-state index in [0.29, 0.717) is 18.1 Å². The highest BCUT2D eigenvalue weighted by molar-refractivity contribution is 5.89. The topological polar surface area (TPSA) is 76.4 Å². The van der Waals surface area contributed by atoms with Gasteiger partial charge < -0.3 is 19.8 Å². The van der Waals surface area contributed by atoms with Crippen LogP contribution < -0.4 is 15.4 Å². The van der Waals surface area contributed by atoms with Gasteiger partial charge in [0, 0.05) is 23.4 Å². The van der Waals surface area contributed by atoms with Crippen LogP contribution in [0.25, 0.3) is 22.7 Å². The lowest BCUT2D eigenvalue weighted by atomic mass is 10.0. The average molecular weight is 428 g/mol. The zero-order chi connectivity index (χ0) is 22.5. The summed E-state index contributed by atoms with van der Waals surface area (Å²) in [7, 11) is 1.62. The van der Waals surface area contributed by atoms with Gasteiger partial charge in [-0.1, -0.05) is 29.8 Å². The monoisotopic (exact) mass is 427 g/mol. The molecule has 1 heterocycles. The first-order chi connectivity index (χ1) is 15.5. The third-order valence-electron chi connectivity index (χ3n) is 5.15. The van der Waals surface area contributed by atoms with E-state index in [2.05, 4.69) is 47.7 Å². The molecule has 0 unspecified atom stereocenters. The van der Waals surface area contributed by atoms with Gasteiger partial charge in [-0.2, -0.15) is 0 Å². The number of benzene rings is 3. The maximum atomic E-state index is 12.2. The Morgan fingerprint density at radius 2 is 1.84 bits per heavy atom. The molecule has 0 aliphatic heterocycles. The highest BCUT2D eigenvalue weighted by Crippen LogP contribution is 2.28. The fourth-order valence-electron chi connectivity index (χ4n) is 3.38. The van der Waals surface area contributed by atoms with E-state index in [1.54, 1.807) is 13.4 Å². The number of methoxy groups -OCH3 is 1. The van der Waals surface area contributed by atoms with Crippen molar-refractivity contribution in [1.82, 2.24) is 10.3 Å². The minimum atomic E-state index is -0.283. The molecular formula is C26H25N3O3. The number of aromatic nitrogens is 1. The highest BCUT2D eigenvalue weighted by Gasteiger charge is 2.11. The van der Waals surface area contributed by atoms with Crippen LogP contribution in [-0.2, 0) is 6.54 Å². The maximum Gasteiger partial charge on any atom is 0.319 e. The van der Waals surface area contributed by atoms with Crippen LogP contribution in [0.15, 0.2) is 77.4 Å². The lowest BCUT2D eigenvalue weighted by molar-refractivity contribution is 0.251. The fourth-order valence-corrected chi connectivity index (χ4v) is 3.38. The molecule has 0 saturated heterocycles. The van der Waals surface area contributed by atoms with Gasteiger partial charge in [-0.05, 0) is 67.4 Å². The number of amides is 2. The van der Waals surface area contributed by atoms with Crippen molar-refractivity contribution in [3.8, 4) is 28.5 Å². The number of hydrogen-bond acceptors (Lipinski definition) is 4. The molecular weight excluding hydrogens is 402 g/mol. The lowest BCUT2D eigenvalue weighted by Gasteiger charge is -2.09. The number of nitrogens with zero attached hydrogens (tertiary/aromatic N) is 1. The Bertz CT molecular complexity index is 1230. The van der Waals surface area contributed by atoms with Crippen molar-refractivity contribution in [3.05, 3.63) is 89.7 Å². The number of urea groups is 1. The number of carbonyl (C=O) groups excluding carboxylic acids is 1. The van der Waals surface area contributed by atoms with Crippen LogP contribution in [0, 0.1) is 13.8 Å². The molecule has 2 N–H and O–H groups in total. The summed E-state index contributed by atoms with van der Waals surface area (Å²) in [5.74, 6) is 1.29. The molecule has 0 radical (unpaired) electrons. The third kappa shape index (κ3) is 4.98. The van der Waals surface area contributed by atoms with Gasteiger partial charge in [0.1, 0.15) is 17.7 Å². The van der Waals surface area contributed by atoms with Crippen LogP contribution >= 0.6 is 0 Å². The summed E-state index contributed by atoms with van der Waals surface area (Å²) in [5.41, 5.74) is 6.66. The van der Waals surface area contributed by atoms with E-state index in [1.807, 2.05) is 48.5 Å². The SMILES string of the molecule is COc1cccc(CNC(=O)Nc2ccc(-c3nc(-c4cc(C)ccc4C)co3)cc2)c1. The number of rotatable bonds is 6. The van der Waals surface area contributed by atoms with E-state index >= 15 is 0 Å². The zero-order valence-corrected chi connectivity index (χ0v) is 18.3. The van der Waals surface area contributed by atoms with Gasteiger partial charge in [0.25, 0.3) is 0 Å². The first kappa shape index (κ1) is 21.2. The molecule has 32 heavy (non-hydrogen) atoms. The Balaban J connectivity index is 1.38. The minimum Gasteiger partial charge on any atom is -0.497 e. The van der Waals surface area contributed by atoms with Crippen molar-refractivity contribution in [2.75, 3.05) is 12.4 Å². The number of oxazole rings is 1. The number of hydrogen-bond donors (Lipinski definition) is 2. The van der Waals surface area contributed by atoms with Crippen molar-refractivity contribution >= 4 is 11.7 Å². The van der Waals surface area contributed by atoms with Gasteiger partial charge in [-0.3, -0.25) is 0 Å². The molecule has 0 aliphatic carbocycles. The minimum absolute atomic E-state index is 0.283. The first-order valence-corrected chi connectivity index (χ1v) is 10.3. The Hall–Kier alpha value is -4.06. The number of nitrogens with one attached hydrogen (secondary N) is 2. The van der Waals surface area contributed by atoms with Crippen molar-refractivity contribution < 1.29 is 13.9 Å². The Kier molecular flexibility index (Phi) is 6.22. The number of carbonyl (C=O) groups is 1. The molecule has 0 saturated carbocycles. The number of ether oxygens (including phenoxy) is 1. The second-order valence-corrected chi connectivity index (χ2v) is 7.59. The van der Waals surface area contributed by atoms with Crippen LogP contribution in [0.3, 0.4) is 0 Å². The van der Waals surface area contributed by atoms with E-state index in [9.17, 15) is 4.79 Å². The van der Waals surface area contributed by atoms with Crippen molar-refractivity contribution in [3.63, 3.8) is 0 Å². The van der Waals surface area contributed by atoms with Gasteiger partial charge in [0.2, 0.25) is 5.89 Å². The second-order valence-electron chi connectivity index (χ2n) is 7.59. The van der Waals surface area contributed by atoms with Crippen molar-refractivity contribution in [1.29, 1.82) is 0 Å². The van der Waals surface area contributed by atoms with Gasteiger partial charge in [0.05, 0.1) is 7.11 Å². The summed E-state index contributed by atoms with van der Waals surface area (Å²) in [6.07, 6.45) is 1.68. The molecule has 4 aromatic rings. The summed E-state index contributed by atoms with van der Waals surface area (Å²) in [6.45, 7) is 4.52. The number of anilines is 1. The summed E-state index contributed by atoms with van der Waals surface area (Å²) < 4.78 is 10.9. The van der Waals surface area contributed by atoms with Gasteiger partial charge in [-0.15, -0.1) is 0 Å². The molecule has 0 atom stereocenters. The van der Waals surface area contributed by atoms with Gasteiger partial charge >= 0.3 is 6.03 Å². The Labute approximate surface area is 187 Å². The van der Waals surface area contributed by atoms with Crippen LogP contribution in [0.1, 0.15) is 16.7 Å². The number of aryl methyl sites for hydroxylation is 2. The second kappa shape index (κ2) is 9.39. The van der Waals surface area contributed by atoms with E-state index in [-0.39, 0.29) is 6.03 Å². The zero-order valence-electron chi connectivity index (χ0n) is 18.3. The van der Waals surface area contributed by atoms with E-state index in [1.165, 1.54) is 5.56 Å². The Morgan fingerprint density at radius 3 is 2.62 bits per heavy atom. The third-order valence-corrected chi connectivity index (χ3v) is 5.15. The molecule has 6 heteroatoms. The largest absolute Gasteiger partial charge is 0.497 e. The molecule has 162 valence electrons. The molecule has 0 aliphatic rings. The predicted octanol–water partition coefficient (Wildman–Crippen LogP) is 5.96. The van der Waals surface area contributed by atoms with Gasteiger partial charge in [0.15, 0.2) is 0 Å². The normalized spacial score (nSPS) is 10.6. The summed E-state index contributed by atoms with van der Waals surface area (Å²) in [6, 6.07) is 20.9. The van der Waals surface area contributed by atoms with Crippen molar-refractivity contribution in [2.45, 2.75) is 20.4 Å². The molecule has 0 bridgehead atoms. The lowest BCUT2D eigenvalue weighted by Crippen LogP contribution is -2.28. The van der Waals surface area contributed by atoms with Crippen LogP contribution in [0.4, 0.5) is 10.5 Å². The smallest absolute Gasteiger partial charge is 0.319 e. The van der Waals surface area contributed by atoms with E-state index in [0.717, 1.165) is 33.7 Å². The van der Waals surface area contributed by atoms with Crippen LogP contribution in [-0.4, -0.2) is 18.1 Å². The first-order valence-electron chi connectivity index (χ1n) is 10.3. The van der Waals surface area contributed by atoms with Crippen molar-refractivity contribution in [2.24, 2.45) is 0 Å². The van der Waals surface area contributed by atoms with Crippen LogP contribution in [0.2, 0.25) is 0 Å². The van der Waals surface area contributed by atoms with E-state index in [4.69, 9.17) is 9.15 Å². The quantitative estimate of drug-likeness (QED) is 0.398. The molecule has 6 nitrogen and oxygen atoms in total. The van der Waals surface area contributed by atoms with Crippen LogP contribution in [0.5, 0.6) is 5.75 Å². The molecule has 0 spiro atoms. The Morgan fingerprint density at radius 1 is 1.03 bits per heavy atom. The maximum absolute atomic E-state index is 12.2. The highest BCUT2D eigenvalue weighted by atomic mass is 16.5. The predicted molar refractivity (Wildman–Crippen MR) is 126 cm³/mol. The fraction of sp³-hybridized carbons (Fsp3) is 0.154. The standard InChI is InChI=1S/C26H25N3O3/c1-17-7-8-18(2)23(13-17)24-16-32-25(29-24)20-9-11-21(12-10-20)28-26(30)27-15-19-5-4-6-22(14-19)31-3/h4-14,16H,15H2,1-3H3,(H2,27,28,30).